The van der Waals surface area contributed by atoms with Crippen LogP contribution < -0.4 is 35.3 Å². The molecule has 4 aromatic rings. The van der Waals surface area contributed by atoms with Crippen LogP contribution in [-0.2, 0) is 10.0 Å². The Hall–Kier alpha value is -5.11. The van der Waals surface area contributed by atoms with Gasteiger partial charge in [-0.15, -0.1) is 0 Å². The SMILES string of the molecule is COc1cc(NS(=O)(=O)c2cc(C(=O)NNC(=O)c3n[nH]c(=O)c4ccccc34)ccc2OC)cc(OC)c1. The highest BCUT2D eigenvalue weighted by Gasteiger charge is 2.23. The second-order valence-electron chi connectivity index (χ2n) is 7.93. The van der Waals surface area contributed by atoms with Gasteiger partial charge < -0.3 is 14.2 Å². The Bertz CT molecular complexity index is 1710. The molecule has 3 aromatic carbocycles. The molecule has 0 aliphatic heterocycles. The minimum Gasteiger partial charge on any atom is -0.497 e. The van der Waals surface area contributed by atoms with Crippen molar-refractivity contribution in [1.29, 1.82) is 0 Å². The van der Waals surface area contributed by atoms with Crippen molar-refractivity contribution in [3.8, 4) is 17.2 Å². The lowest BCUT2D eigenvalue weighted by Crippen LogP contribution is -2.42. The van der Waals surface area contributed by atoms with Crippen molar-refractivity contribution < 1.29 is 32.2 Å². The number of anilines is 1. The summed E-state index contributed by atoms with van der Waals surface area (Å²) < 4.78 is 44.4. The van der Waals surface area contributed by atoms with Crippen molar-refractivity contribution in [2.75, 3.05) is 26.1 Å². The first kappa shape index (κ1) is 26.9. The summed E-state index contributed by atoms with van der Waals surface area (Å²) in [4.78, 5) is 37.1. The summed E-state index contributed by atoms with van der Waals surface area (Å²) in [6, 6.07) is 14.5. The smallest absolute Gasteiger partial charge is 0.290 e. The maximum absolute atomic E-state index is 13.2. The van der Waals surface area contributed by atoms with Gasteiger partial charge in [0.05, 0.1) is 32.4 Å². The van der Waals surface area contributed by atoms with E-state index in [9.17, 15) is 22.8 Å². The van der Waals surface area contributed by atoms with Gasteiger partial charge >= 0.3 is 0 Å². The highest BCUT2D eigenvalue weighted by atomic mass is 32.2. The molecule has 4 N–H and O–H groups in total. The van der Waals surface area contributed by atoms with Gasteiger partial charge in [-0.05, 0) is 24.3 Å². The van der Waals surface area contributed by atoms with Crippen molar-refractivity contribution in [3.05, 3.63) is 82.3 Å². The van der Waals surface area contributed by atoms with E-state index in [0.717, 1.165) is 6.07 Å². The van der Waals surface area contributed by atoms with Crippen LogP contribution in [0.2, 0.25) is 0 Å². The van der Waals surface area contributed by atoms with Gasteiger partial charge in [-0.2, -0.15) is 5.10 Å². The number of aromatic amines is 1. The van der Waals surface area contributed by atoms with E-state index >= 15 is 0 Å². The first-order valence-corrected chi connectivity index (χ1v) is 12.7. The molecule has 0 atom stereocenters. The molecule has 202 valence electrons. The van der Waals surface area contributed by atoms with E-state index in [4.69, 9.17) is 14.2 Å². The molecule has 0 aliphatic rings. The van der Waals surface area contributed by atoms with E-state index < -0.39 is 27.4 Å². The third-order valence-electron chi connectivity index (χ3n) is 5.52. The van der Waals surface area contributed by atoms with Crippen LogP contribution in [-0.4, -0.2) is 51.8 Å². The van der Waals surface area contributed by atoms with Crippen LogP contribution in [0.3, 0.4) is 0 Å². The molecule has 0 radical (unpaired) electrons. The summed E-state index contributed by atoms with van der Waals surface area (Å²) in [5.41, 5.74) is 3.88. The summed E-state index contributed by atoms with van der Waals surface area (Å²) >= 11 is 0. The predicted octanol–water partition coefficient (Wildman–Crippen LogP) is 1.82. The molecule has 2 amide bonds. The number of hydrazine groups is 1. The topological polar surface area (TPSA) is 178 Å². The fourth-order valence-corrected chi connectivity index (χ4v) is 4.87. The van der Waals surface area contributed by atoms with Crippen molar-refractivity contribution >= 4 is 38.3 Å². The molecule has 4 rings (SSSR count). The third-order valence-corrected chi connectivity index (χ3v) is 6.92. The number of sulfonamides is 1. The van der Waals surface area contributed by atoms with Crippen LogP contribution in [0.5, 0.6) is 17.2 Å². The van der Waals surface area contributed by atoms with Crippen molar-refractivity contribution in [3.63, 3.8) is 0 Å². The number of benzene rings is 3. The summed E-state index contributed by atoms with van der Waals surface area (Å²) in [5.74, 6) is -0.938. The van der Waals surface area contributed by atoms with E-state index in [-0.39, 0.29) is 38.4 Å². The first-order valence-electron chi connectivity index (χ1n) is 11.2. The number of nitrogens with zero attached hydrogens (tertiary/aromatic N) is 1. The number of ether oxygens (including phenoxy) is 3. The Morgan fingerprint density at radius 1 is 0.821 bits per heavy atom. The largest absolute Gasteiger partial charge is 0.497 e. The summed E-state index contributed by atoms with van der Waals surface area (Å²) in [6.45, 7) is 0. The minimum absolute atomic E-state index is 0.0261. The molecule has 0 spiro atoms. The van der Waals surface area contributed by atoms with Gasteiger partial charge in [-0.3, -0.25) is 30.0 Å². The summed E-state index contributed by atoms with van der Waals surface area (Å²) in [7, 11) is -0.133. The highest BCUT2D eigenvalue weighted by molar-refractivity contribution is 7.92. The molecule has 0 bridgehead atoms. The number of hydrogen-bond acceptors (Lipinski definition) is 9. The van der Waals surface area contributed by atoms with Crippen molar-refractivity contribution in [2.45, 2.75) is 4.90 Å². The zero-order valence-corrected chi connectivity index (χ0v) is 21.7. The monoisotopic (exact) mass is 553 g/mol. The Kier molecular flexibility index (Phi) is 7.67. The zero-order chi connectivity index (χ0) is 28.2. The number of methoxy groups -OCH3 is 3. The quantitative estimate of drug-likeness (QED) is 0.237. The lowest BCUT2D eigenvalue weighted by atomic mass is 10.1. The Morgan fingerprint density at radius 3 is 2.10 bits per heavy atom. The molecule has 0 saturated carbocycles. The highest BCUT2D eigenvalue weighted by Crippen LogP contribution is 2.30. The van der Waals surface area contributed by atoms with Crippen LogP contribution in [0.15, 0.2) is 70.4 Å². The zero-order valence-electron chi connectivity index (χ0n) is 20.9. The number of amides is 2. The molecule has 13 nitrogen and oxygen atoms in total. The summed E-state index contributed by atoms with van der Waals surface area (Å²) in [5, 5.41) is 6.53. The second-order valence-corrected chi connectivity index (χ2v) is 9.58. The molecular weight excluding hydrogens is 530 g/mol. The molecule has 14 heteroatoms. The summed E-state index contributed by atoms with van der Waals surface area (Å²) in [6.07, 6.45) is 0. The number of hydrogen-bond donors (Lipinski definition) is 4. The number of carbonyl (C=O) groups is 2. The number of aromatic nitrogens is 2. The van der Waals surface area contributed by atoms with Gasteiger partial charge in [-0.25, -0.2) is 13.5 Å². The lowest BCUT2D eigenvalue weighted by molar-refractivity contribution is 0.0844. The molecule has 0 fully saturated rings. The minimum atomic E-state index is -4.26. The number of fused-ring (bicyclic) bond motifs is 1. The van der Waals surface area contributed by atoms with Crippen molar-refractivity contribution in [2.24, 2.45) is 0 Å². The van der Waals surface area contributed by atoms with Gasteiger partial charge in [0.25, 0.3) is 27.4 Å². The molecular formula is C25H23N5O8S. The van der Waals surface area contributed by atoms with Crippen LogP contribution in [0.4, 0.5) is 5.69 Å². The standard InChI is InChI=1S/C25H23N5O8S/c1-36-16-11-15(12-17(13-16)37-2)30-39(34,35)21-10-14(8-9-20(21)38-3)23(31)27-29-25(33)22-18-6-4-5-7-19(18)24(32)28-26-22/h4-13,30H,1-3H3,(H,27,31)(H,28,32)(H,29,33). The molecule has 0 aliphatic carbocycles. The average Bonchev–Trinajstić information content (AvgIpc) is 2.95. The van der Waals surface area contributed by atoms with Gasteiger partial charge in [0.2, 0.25) is 0 Å². The Balaban J connectivity index is 1.57. The molecule has 0 unspecified atom stereocenters. The first-order chi connectivity index (χ1) is 18.7. The predicted molar refractivity (Wildman–Crippen MR) is 141 cm³/mol. The van der Waals surface area contributed by atoms with Gasteiger partial charge in [-0.1, -0.05) is 18.2 Å². The number of nitrogens with one attached hydrogen (secondary N) is 4. The maximum atomic E-state index is 13.2. The number of rotatable bonds is 8. The number of carbonyl (C=O) groups excluding carboxylic acids is 2. The molecule has 1 aromatic heterocycles. The Labute approximate surface area is 222 Å². The van der Waals surface area contributed by atoms with Crippen LogP contribution >= 0.6 is 0 Å². The molecule has 0 saturated heterocycles. The fraction of sp³-hybridized carbons (Fsp3) is 0.120. The van der Waals surface area contributed by atoms with Gasteiger partial charge in [0, 0.05) is 29.1 Å². The van der Waals surface area contributed by atoms with E-state index in [1.807, 2.05) is 0 Å². The fourth-order valence-electron chi connectivity index (χ4n) is 3.64. The molecule has 1 heterocycles. The maximum Gasteiger partial charge on any atom is 0.290 e. The van der Waals surface area contributed by atoms with Crippen LogP contribution in [0.1, 0.15) is 20.8 Å². The van der Waals surface area contributed by atoms with Crippen LogP contribution in [0, 0.1) is 0 Å². The Morgan fingerprint density at radius 2 is 1.46 bits per heavy atom. The van der Waals surface area contributed by atoms with E-state index in [2.05, 4.69) is 25.8 Å². The van der Waals surface area contributed by atoms with E-state index in [0.29, 0.717) is 11.5 Å². The van der Waals surface area contributed by atoms with Crippen LogP contribution in [0.25, 0.3) is 10.8 Å². The lowest BCUT2D eigenvalue weighted by Gasteiger charge is -2.15. The van der Waals surface area contributed by atoms with Gasteiger partial charge in [0.15, 0.2) is 5.69 Å². The number of H-pyrrole nitrogens is 1. The average molecular weight is 554 g/mol. The normalized spacial score (nSPS) is 10.9. The second kappa shape index (κ2) is 11.1. The van der Waals surface area contributed by atoms with E-state index in [1.165, 1.54) is 51.7 Å². The third kappa shape index (κ3) is 5.75. The van der Waals surface area contributed by atoms with Crippen molar-refractivity contribution in [1.82, 2.24) is 21.0 Å². The van der Waals surface area contributed by atoms with Gasteiger partial charge in [0.1, 0.15) is 22.1 Å². The van der Waals surface area contributed by atoms with E-state index in [1.54, 1.807) is 24.3 Å². The molecule has 39 heavy (non-hydrogen) atoms.